The van der Waals surface area contributed by atoms with Crippen LogP contribution in [0.5, 0.6) is 0 Å². The molecule has 0 spiro atoms. The minimum absolute atomic E-state index is 0.0823. The number of carbonyl (C=O) groups is 2. The van der Waals surface area contributed by atoms with Crippen molar-refractivity contribution in [3.05, 3.63) is 0 Å². The van der Waals surface area contributed by atoms with Crippen molar-refractivity contribution in [3.8, 4) is 0 Å². The quantitative estimate of drug-likeness (QED) is 0.643. The molecule has 1 heterocycles. The van der Waals surface area contributed by atoms with Gasteiger partial charge in [-0.3, -0.25) is 4.79 Å². The molecule has 0 amide bonds. The van der Waals surface area contributed by atoms with Gasteiger partial charge in [-0.15, -0.1) is 0 Å². The molecule has 3 aliphatic rings. The van der Waals surface area contributed by atoms with Crippen LogP contribution in [0.4, 0.5) is 8.78 Å². The third-order valence-corrected chi connectivity index (χ3v) is 4.34. The van der Waals surface area contributed by atoms with Gasteiger partial charge in [-0.1, -0.05) is 0 Å². The second-order valence-corrected chi connectivity index (χ2v) is 5.18. The van der Waals surface area contributed by atoms with Gasteiger partial charge in [-0.05, 0) is 24.7 Å². The molecule has 0 N–H and O–H groups in total. The highest BCUT2D eigenvalue weighted by Crippen LogP contribution is 2.56. The molecule has 0 aromatic carbocycles. The van der Waals surface area contributed by atoms with E-state index in [4.69, 9.17) is 4.74 Å². The normalized spacial score (nSPS) is 41.9. The van der Waals surface area contributed by atoms with E-state index in [1.54, 1.807) is 0 Å². The van der Waals surface area contributed by atoms with E-state index in [9.17, 15) is 23.5 Å². The first-order valence-corrected chi connectivity index (χ1v) is 5.84. The summed E-state index contributed by atoms with van der Waals surface area (Å²) in [6, 6.07) is 0. The Labute approximate surface area is 101 Å². The van der Waals surface area contributed by atoms with Gasteiger partial charge in [-0.25, -0.2) is 0 Å². The molecule has 5 atom stereocenters. The van der Waals surface area contributed by atoms with Crippen LogP contribution >= 0.6 is 0 Å². The Morgan fingerprint density at radius 3 is 2.78 bits per heavy atom. The van der Waals surface area contributed by atoms with E-state index in [-0.39, 0.29) is 23.7 Å². The summed E-state index contributed by atoms with van der Waals surface area (Å²) in [5, 5.41) is 10.2. The molecular weight excluding hydrogens is 250 g/mol. The highest BCUT2D eigenvalue weighted by molar-refractivity contribution is 5.76. The van der Waals surface area contributed by atoms with Crippen molar-refractivity contribution in [2.45, 2.75) is 25.1 Å². The Hall–Kier alpha value is -1.24. The van der Waals surface area contributed by atoms with E-state index >= 15 is 0 Å². The Morgan fingerprint density at radius 2 is 2.11 bits per heavy atom. The molecule has 3 rings (SSSR count). The van der Waals surface area contributed by atoms with Gasteiger partial charge in [0.15, 0.2) is 0 Å². The number of hydrogen-bond donors (Lipinski definition) is 0. The lowest BCUT2D eigenvalue weighted by atomic mass is 9.80. The number of rotatable bonds is 3. The SMILES string of the molecule is O=C1OCC2C3CC(OC(F)(F)C(=O)[O-])C(C3)C12. The average molecular weight is 261 g/mol. The first kappa shape index (κ1) is 11.8. The van der Waals surface area contributed by atoms with E-state index in [2.05, 4.69) is 4.74 Å². The molecule has 5 nitrogen and oxygen atoms in total. The molecule has 2 bridgehead atoms. The van der Waals surface area contributed by atoms with Gasteiger partial charge in [0.05, 0.1) is 18.6 Å². The Balaban J connectivity index is 1.75. The summed E-state index contributed by atoms with van der Waals surface area (Å²) in [5.74, 6) is -3.51. The van der Waals surface area contributed by atoms with Crippen molar-refractivity contribution in [2.75, 3.05) is 6.61 Å². The highest BCUT2D eigenvalue weighted by Gasteiger charge is 2.60. The number of halogens is 2. The molecule has 1 saturated heterocycles. The lowest BCUT2D eigenvalue weighted by molar-refractivity contribution is -0.370. The molecule has 2 saturated carbocycles. The number of hydrogen-bond acceptors (Lipinski definition) is 5. The van der Waals surface area contributed by atoms with Crippen LogP contribution < -0.4 is 5.11 Å². The third kappa shape index (κ3) is 1.53. The summed E-state index contributed by atoms with van der Waals surface area (Å²) in [4.78, 5) is 21.7. The van der Waals surface area contributed by atoms with Crippen LogP contribution in [-0.4, -0.2) is 30.8 Å². The third-order valence-electron chi connectivity index (χ3n) is 4.34. The molecule has 0 radical (unpaired) electrons. The smallest absolute Gasteiger partial charge is 0.397 e. The first-order valence-electron chi connectivity index (χ1n) is 5.84. The van der Waals surface area contributed by atoms with Crippen molar-refractivity contribution >= 4 is 11.9 Å². The molecule has 18 heavy (non-hydrogen) atoms. The van der Waals surface area contributed by atoms with Crippen LogP contribution in [0.15, 0.2) is 0 Å². The van der Waals surface area contributed by atoms with Crippen LogP contribution in [0.2, 0.25) is 0 Å². The van der Waals surface area contributed by atoms with Gasteiger partial charge in [0.2, 0.25) is 0 Å². The molecule has 2 aliphatic carbocycles. The van der Waals surface area contributed by atoms with Gasteiger partial charge in [0.25, 0.3) is 0 Å². The molecule has 3 fully saturated rings. The van der Waals surface area contributed by atoms with Gasteiger partial charge in [-0.2, -0.15) is 8.78 Å². The van der Waals surface area contributed by atoms with Crippen molar-refractivity contribution in [1.29, 1.82) is 0 Å². The molecule has 1 aliphatic heterocycles. The number of alkyl halides is 2. The summed E-state index contributed by atoms with van der Waals surface area (Å²) >= 11 is 0. The van der Waals surface area contributed by atoms with Crippen LogP contribution in [0.1, 0.15) is 12.8 Å². The summed E-state index contributed by atoms with van der Waals surface area (Å²) in [5.41, 5.74) is 0. The predicted octanol–water partition coefficient (Wildman–Crippen LogP) is -0.457. The van der Waals surface area contributed by atoms with E-state index < -0.39 is 24.1 Å². The Bertz CT molecular complexity index is 410. The molecule has 100 valence electrons. The highest BCUT2D eigenvalue weighted by atomic mass is 19.3. The topological polar surface area (TPSA) is 75.7 Å². The summed E-state index contributed by atoms with van der Waals surface area (Å²) in [6.45, 7) is 0.342. The van der Waals surface area contributed by atoms with Crippen molar-refractivity contribution in [3.63, 3.8) is 0 Å². The standard InChI is InChI=1S/C11H12F2O5/c12-11(13,10(15)16)18-7-2-4-1-5(7)8-6(4)3-17-9(8)14/h4-8H,1-3H2,(H,15,16)/p-1. The van der Waals surface area contributed by atoms with Crippen molar-refractivity contribution < 1.29 is 33.0 Å². The fourth-order valence-electron chi connectivity index (χ4n) is 3.65. The number of ether oxygens (including phenoxy) is 2. The van der Waals surface area contributed by atoms with E-state index in [1.165, 1.54) is 0 Å². The lowest BCUT2D eigenvalue weighted by Crippen LogP contribution is -2.47. The zero-order valence-corrected chi connectivity index (χ0v) is 9.31. The maximum Gasteiger partial charge on any atom is 0.397 e. The number of esters is 1. The van der Waals surface area contributed by atoms with E-state index in [0.717, 1.165) is 0 Å². The summed E-state index contributed by atoms with van der Waals surface area (Å²) in [7, 11) is 0. The van der Waals surface area contributed by atoms with Crippen molar-refractivity contribution in [1.82, 2.24) is 0 Å². The maximum absolute atomic E-state index is 13.0. The number of fused-ring (bicyclic) bond motifs is 5. The second kappa shape index (κ2) is 3.63. The fourth-order valence-corrected chi connectivity index (χ4v) is 3.65. The van der Waals surface area contributed by atoms with Gasteiger partial charge in [0.1, 0.15) is 5.97 Å². The summed E-state index contributed by atoms with van der Waals surface area (Å²) in [6.07, 6.45) is -4.23. The van der Waals surface area contributed by atoms with Crippen molar-refractivity contribution in [2.24, 2.45) is 23.7 Å². The lowest BCUT2D eigenvalue weighted by Gasteiger charge is -2.31. The van der Waals surface area contributed by atoms with Gasteiger partial charge >= 0.3 is 12.1 Å². The van der Waals surface area contributed by atoms with Crippen LogP contribution in [0, 0.1) is 23.7 Å². The Morgan fingerprint density at radius 1 is 1.39 bits per heavy atom. The second-order valence-electron chi connectivity index (χ2n) is 5.18. The number of aliphatic carboxylic acids is 1. The number of carboxylic acids is 1. The largest absolute Gasteiger partial charge is 0.542 e. The van der Waals surface area contributed by atoms with E-state index in [1.807, 2.05) is 0 Å². The number of cyclic esters (lactones) is 1. The fraction of sp³-hybridized carbons (Fsp3) is 0.818. The minimum Gasteiger partial charge on any atom is -0.542 e. The van der Waals surface area contributed by atoms with Crippen LogP contribution in [0.25, 0.3) is 0 Å². The van der Waals surface area contributed by atoms with E-state index in [0.29, 0.717) is 19.4 Å². The molecule has 7 heteroatoms. The van der Waals surface area contributed by atoms with Crippen LogP contribution in [-0.2, 0) is 19.1 Å². The molecule has 5 unspecified atom stereocenters. The molecule has 0 aromatic rings. The van der Waals surface area contributed by atoms with Gasteiger partial charge < -0.3 is 19.4 Å². The Kier molecular flexibility index (Phi) is 2.38. The first-order chi connectivity index (χ1) is 8.40. The predicted molar refractivity (Wildman–Crippen MR) is 49.0 cm³/mol. The zero-order chi connectivity index (χ0) is 13.1. The number of carboxylic acid groups (broad SMARTS) is 1. The zero-order valence-electron chi connectivity index (χ0n) is 9.31. The average Bonchev–Trinajstić information content (AvgIpc) is 2.90. The summed E-state index contributed by atoms with van der Waals surface area (Å²) < 4.78 is 35.2. The molecular formula is C11H11F2O5-. The maximum atomic E-state index is 13.0. The monoisotopic (exact) mass is 261 g/mol. The number of carbonyl (C=O) groups excluding carboxylic acids is 2. The van der Waals surface area contributed by atoms with Gasteiger partial charge in [0, 0.05) is 5.92 Å². The van der Waals surface area contributed by atoms with Crippen LogP contribution in [0.3, 0.4) is 0 Å². The minimum atomic E-state index is -4.30. The molecule has 0 aromatic heterocycles.